The van der Waals surface area contributed by atoms with Gasteiger partial charge in [0.15, 0.2) is 0 Å². The minimum absolute atomic E-state index is 0.150. The molecule has 0 bridgehead atoms. The number of hydrogen-bond acceptors (Lipinski definition) is 3. The molecule has 3 rings (SSSR count). The number of rotatable bonds is 5. The normalized spacial score (nSPS) is 31.1. The van der Waals surface area contributed by atoms with Crippen LogP contribution in [-0.2, 0) is 9.59 Å². The van der Waals surface area contributed by atoms with Crippen LogP contribution in [0.1, 0.15) is 57.8 Å². The molecule has 1 saturated heterocycles. The predicted molar refractivity (Wildman–Crippen MR) is 81.9 cm³/mol. The summed E-state index contributed by atoms with van der Waals surface area (Å²) in [5.41, 5.74) is 0. The maximum Gasteiger partial charge on any atom is 0.234 e. The number of amides is 1. The van der Waals surface area contributed by atoms with Gasteiger partial charge in [-0.1, -0.05) is 12.8 Å². The second-order valence-electron chi connectivity index (χ2n) is 7.10. The zero-order valence-corrected chi connectivity index (χ0v) is 13.0. The second-order valence-corrected chi connectivity index (χ2v) is 7.10. The topological polar surface area (TPSA) is 49.4 Å². The van der Waals surface area contributed by atoms with Crippen LogP contribution in [-0.4, -0.2) is 42.3 Å². The van der Waals surface area contributed by atoms with Gasteiger partial charge in [-0.2, -0.15) is 0 Å². The molecule has 2 aliphatic carbocycles. The highest BCUT2D eigenvalue weighted by molar-refractivity contribution is 5.82. The number of nitrogens with zero attached hydrogens (tertiary/aromatic N) is 1. The molecule has 1 amide bonds. The summed E-state index contributed by atoms with van der Waals surface area (Å²) in [4.78, 5) is 26.6. The summed E-state index contributed by atoms with van der Waals surface area (Å²) < 4.78 is 0. The van der Waals surface area contributed by atoms with Crippen molar-refractivity contribution in [2.24, 2.45) is 11.8 Å². The molecule has 3 aliphatic rings. The summed E-state index contributed by atoms with van der Waals surface area (Å²) in [6.45, 7) is 2.31. The molecule has 1 N–H and O–H groups in total. The third-order valence-electron chi connectivity index (χ3n) is 5.36. The first-order valence-electron chi connectivity index (χ1n) is 8.77. The summed E-state index contributed by atoms with van der Waals surface area (Å²) in [5, 5.41) is 3.06. The van der Waals surface area contributed by atoms with E-state index in [1.54, 1.807) is 0 Å². The third-order valence-corrected chi connectivity index (χ3v) is 5.36. The molecule has 0 aromatic heterocycles. The molecule has 2 saturated carbocycles. The van der Waals surface area contributed by atoms with E-state index < -0.39 is 0 Å². The van der Waals surface area contributed by atoms with Crippen LogP contribution in [0.25, 0.3) is 0 Å². The van der Waals surface area contributed by atoms with Gasteiger partial charge in [-0.15, -0.1) is 0 Å². The van der Waals surface area contributed by atoms with Crippen molar-refractivity contribution in [3.63, 3.8) is 0 Å². The van der Waals surface area contributed by atoms with E-state index in [1.807, 2.05) is 0 Å². The van der Waals surface area contributed by atoms with E-state index in [1.165, 1.54) is 25.7 Å². The Hall–Kier alpha value is -0.900. The Bertz CT molecular complexity index is 392. The van der Waals surface area contributed by atoms with Gasteiger partial charge in [0.2, 0.25) is 5.91 Å². The fourth-order valence-electron chi connectivity index (χ4n) is 3.91. The van der Waals surface area contributed by atoms with Gasteiger partial charge in [-0.3, -0.25) is 14.5 Å². The molecule has 0 aromatic rings. The van der Waals surface area contributed by atoms with Crippen LogP contribution >= 0.6 is 0 Å². The van der Waals surface area contributed by atoms with E-state index >= 15 is 0 Å². The fourth-order valence-corrected chi connectivity index (χ4v) is 3.91. The second kappa shape index (κ2) is 6.91. The molecule has 4 nitrogen and oxygen atoms in total. The van der Waals surface area contributed by atoms with Crippen LogP contribution in [0.3, 0.4) is 0 Å². The lowest BCUT2D eigenvalue weighted by Gasteiger charge is -2.40. The standard InChI is InChI=1S/C17H28N2O2/c20-16-7-2-1-5-14(16)15-6-3-4-10-19(15)12-17(21)18-11-13-8-9-13/h13-15H,1-12H2,(H,18,21). The number of likely N-dealkylation sites (tertiary alicyclic amines) is 1. The minimum atomic E-state index is 0.150. The average Bonchev–Trinajstić information content (AvgIpc) is 3.31. The minimum Gasteiger partial charge on any atom is -0.355 e. The van der Waals surface area contributed by atoms with Gasteiger partial charge in [0.1, 0.15) is 5.78 Å². The Morgan fingerprint density at radius 2 is 1.90 bits per heavy atom. The predicted octanol–water partition coefficient (Wildman–Crippen LogP) is 2.13. The molecule has 3 fully saturated rings. The number of piperidine rings is 1. The molecular weight excluding hydrogens is 264 g/mol. The molecule has 1 heterocycles. The molecule has 0 aromatic carbocycles. The summed E-state index contributed by atoms with van der Waals surface area (Å²) in [6.07, 6.45) is 10.0. The van der Waals surface area contributed by atoms with Gasteiger partial charge in [0.25, 0.3) is 0 Å². The van der Waals surface area contributed by atoms with Crippen molar-refractivity contribution in [2.45, 2.75) is 63.8 Å². The van der Waals surface area contributed by atoms with Crippen molar-refractivity contribution in [1.82, 2.24) is 10.2 Å². The van der Waals surface area contributed by atoms with Gasteiger partial charge >= 0.3 is 0 Å². The maximum absolute atomic E-state index is 12.2. The van der Waals surface area contributed by atoms with Gasteiger partial charge < -0.3 is 5.32 Å². The number of hydrogen-bond donors (Lipinski definition) is 1. The maximum atomic E-state index is 12.2. The number of ketones is 1. The monoisotopic (exact) mass is 292 g/mol. The van der Waals surface area contributed by atoms with Crippen molar-refractivity contribution in [1.29, 1.82) is 0 Å². The van der Waals surface area contributed by atoms with Gasteiger partial charge in [-0.05, 0) is 51.0 Å². The number of Topliss-reactive ketones (excluding diaryl/α,β-unsaturated/α-hetero) is 1. The first-order chi connectivity index (χ1) is 10.2. The average molecular weight is 292 g/mol. The Kier molecular flexibility index (Phi) is 4.94. The molecule has 118 valence electrons. The van der Waals surface area contributed by atoms with Crippen LogP contribution in [0.5, 0.6) is 0 Å². The number of nitrogens with one attached hydrogen (secondary N) is 1. The summed E-state index contributed by atoms with van der Waals surface area (Å²) >= 11 is 0. The lowest BCUT2D eigenvalue weighted by Crippen LogP contribution is -2.51. The molecule has 2 atom stereocenters. The molecule has 21 heavy (non-hydrogen) atoms. The largest absolute Gasteiger partial charge is 0.355 e. The van der Waals surface area contributed by atoms with Gasteiger partial charge in [0.05, 0.1) is 6.54 Å². The highest BCUT2D eigenvalue weighted by atomic mass is 16.2. The van der Waals surface area contributed by atoms with Crippen LogP contribution in [0.2, 0.25) is 0 Å². The van der Waals surface area contributed by atoms with Crippen molar-refractivity contribution in [3.8, 4) is 0 Å². The van der Waals surface area contributed by atoms with Crippen molar-refractivity contribution in [3.05, 3.63) is 0 Å². The highest BCUT2D eigenvalue weighted by Gasteiger charge is 2.36. The number of carbonyl (C=O) groups is 2. The van der Waals surface area contributed by atoms with E-state index in [-0.39, 0.29) is 11.8 Å². The fraction of sp³-hybridized carbons (Fsp3) is 0.882. The molecule has 2 unspecified atom stereocenters. The Morgan fingerprint density at radius 3 is 2.67 bits per heavy atom. The lowest BCUT2D eigenvalue weighted by molar-refractivity contribution is -0.130. The van der Waals surface area contributed by atoms with Crippen LogP contribution in [0, 0.1) is 11.8 Å². The number of carbonyl (C=O) groups excluding carboxylic acids is 2. The third kappa shape index (κ3) is 4.06. The zero-order chi connectivity index (χ0) is 14.7. The smallest absolute Gasteiger partial charge is 0.234 e. The lowest BCUT2D eigenvalue weighted by atomic mass is 9.79. The van der Waals surface area contributed by atoms with Crippen molar-refractivity contribution >= 4 is 11.7 Å². The highest BCUT2D eigenvalue weighted by Crippen LogP contribution is 2.31. The Balaban J connectivity index is 1.55. The summed E-state index contributed by atoms with van der Waals surface area (Å²) in [6, 6.07) is 0.318. The van der Waals surface area contributed by atoms with Crippen LogP contribution in [0.4, 0.5) is 0 Å². The first-order valence-corrected chi connectivity index (χ1v) is 8.77. The van der Waals surface area contributed by atoms with E-state index in [0.29, 0.717) is 18.4 Å². The molecule has 0 radical (unpaired) electrons. The van der Waals surface area contributed by atoms with Gasteiger partial charge in [-0.25, -0.2) is 0 Å². The first kappa shape index (κ1) is 15.0. The Labute approximate surface area is 127 Å². The van der Waals surface area contributed by atoms with Gasteiger partial charge in [0, 0.05) is 24.9 Å². The Morgan fingerprint density at radius 1 is 1.10 bits per heavy atom. The van der Waals surface area contributed by atoms with Crippen molar-refractivity contribution in [2.75, 3.05) is 19.6 Å². The van der Waals surface area contributed by atoms with E-state index in [9.17, 15) is 9.59 Å². The van der Waals surface area contributed by atoms with Crippen LogP contribution < -0.4 is 5.32 Å². The summed E-state index contributed by atoms with van der Waals surface area (Å²) in [7, 11) is 0. The molecule has 4 heteroatoms. The van der Waals surface area contributed by atoms with E-state index in [0.717, 1.165) is 51.1 Å². The molecular formula is C17H28N2O2. The molecule has 1 aliphatic heterocycles. The SMILES string of the molecule is O=C(CN1CCCCC1C1CCCCC1=O)NCC1CC1. The summed E-state index contributed by atoms with van der Waals surface area (Å²) in [5.74, 6) is 1.51. The van der Waals surface area contributed by atoms with Crippen LogP contribution in [0.15, 0.2) is 0 Å². The van der Waals surface area contributed by atoms with E-state index in [2.05, 4.69) is 10.2 Å². The quantitative estimate of drug-likeness (QED) is 0.844. The zero-order valence-electron chi connectivity index (χ0n) is 13.0. The van der Waals surface area contributed by atoms with Crippen molar-refractivity contribution < 1.29 is 9.59 Å². The van der Waals surface area contributed by atoms with E-state index in [4.69, 9.17) is 0 Å². The molecule has 0 spiro atoms.